The van der Waals surface area contributed by atoms with Gasteiger partial charge in [-0.05, 0) is 53.1 Å². The molecule has 1 fully saturated rings. The third kappa shape index (κ3) is 6.16. The van der Waals surface area contributed by atoms with Crippen molar-refractivity contribution < 1.29 is 18.7 Å². The van der Waals surface area contributed by atoms with Crippen LogP contribution in [0.25, 0.3) is 0 Å². The predicted octanol–water partition coefficient (Wildman–Crippen LogP) is 0.446. The van der Waals surface area contributed by atoms with Crippen molar-refractivity contribution in [3.05, 3.63) is 22.6 Å². The first-order valence-electron chi connectivity index (χ1n) is 7.02. The van der Waals surface area contributed by atoms with Crippen LogP contribution in [0.2, 0.25) is 0 Å². The van der Waals surface area contributed by atoms with Crippen molar-refractivity contribution >= 4 is 45.1 Å². The first-order chi connectivity index (χ1) is 11.0. The molecule has 1 atom stereocenters. The van der Waals surface area contributed by atoms with E-state index in [1.807, 2.05) is 0 Å². The lowest BCUT2D eigenvalue weighted by Crippen LogP contribution is -2.50. The lowest BCUT2D eigenvalue weighted by atomic mass is 10.2. The topological polar surface area (TPSA) is 105 Å². The van der Waals surface area contributed by atoms with Crippen molar-refractivity contribution in [1.82, 2.24) is 21.5 Å². The van der Waals surface area contributed by atoms with Crippen LogP contribution in [0.1, 0.15) is 23.4 Å². The van der Waals surface area contributed by atoms with Crippen LogP contribution in [0.4, 0.5) is 0 Å². The molecule has 1 saturated heterocycles. The van der Waals surface area contributed by atoms with E-state index in [4.69, 9.17) is 21.4 Å². The number of halogens is 1. The second-order valence-corrected chi connectivity index (χ2v) is 5.99. The zero-order valence-corrected chi connectivity index (χ0v) is 14.6. The van der Waals surface area contributed by atoms with Crippen LogP contribution in [0, 0.1) is 0 Å². The highest BCUT2D eigenvalue weighted by Crippen LogP contribution is 2.13. The van der Waals surface area contributed by atoms with Crippen molar-refractivity contribution in [2.75, 3.05) is 19.7 Å². The van der Waals surface area contributed by atoms with Crippen LogP contribution in [-0.4, -0.2) is 42.7 Å². The molecule has 4 N–H and O–H groups in total. The molecule has 0 aromatic carbocycles. The Labute approximate surface area is 146 Å². The predicted molar refractivity (Wildman–Crippen MR) is 89.6 cm³/mol. The molecule has 0 aliphatic carbocycles. The minimum atomic E-state index is -0.482. The number of carbonyl (C=O) groups is 2. The van der Waals surface area contributed by atoms with Crippen LogP contribution in [0.15, 0.2) is 21.2 Å². The van der Waals surface area contributed by atoms with Crippen molar-refractivity contribution in [1.29, 1.82) is 0 Å². The van der Waals surface area contributed by atoms with Crippen LogP contribution < -0.4 is 21.5 Å². The molecule has 2 rings (SSSR count). The number of rotatable bonds is 5. The fourth-order valence-electron chi connectivity index (χ4n) is 1.91. The molecular formula is C13H17BrN4O4S. The van der Waals surface area contributed by atoms with E-state index < -0.39 is 11.8 Å². The molecule has 126 valence electrons. The van der Waals surface area contributed by atoms with Crippen molar-refractivity contribution in [3.63, 3.8) is 0 Å². The van der Waals surface area contributed by atoms with E-state index in [2.05, 4.69) is 37.4 Å². The highest BCUT2D eigenvalue weighted by molar-refractivity contribution is 9.10. The standard InChI is InChI=1S/C13H17BrN4O4S/c14-10-4-3-9(22-10)12(20)15-7-11(19)17-18-13(23)16-6-8-2-1-5-21-8/h3-4,8H,1-2,5-7H2,(H,15,20)(H,17,19)(H2,16,18,23)/t8-/m1/s1. The van der Waals surface area contributed by atoms with Gasteiger partial charge >= 0.3 is 0 Å². The average molecular weight is 405 g/mol. The lowest BCUT2D eigenvalue weighted by molar-refractivity contribution is -0.120. The van der Waals surface area contributed by atoms with Gasteiger partial charge in [0.25, 0.3) is 11.8 Å². The number of amides is 2. The van der Waals surface area contributed by atoms with Crippen LogP contribution >= 0.6 is 28.1 Å². The molecule has 10 heteroatoms. The van der Waals surface area contributed by atoms with E-state index in [0.29, 0.717) is 11.2 Å². The second-order valence-electron chi connectivity index (χ2n) is 4.80. The summed E-state index contributed by atoms with van der Waals surface area (Å²) in [6.07, 6.45) is 2.20. The summed E-state index contributed by atoms with van der Waals surface area (Å²) in [5, 5.41) is 5.66. The van der Waals surface area contributed by atoms with Gasteiger partial charge in [0.05, 0.1) is 12.6 Å². The Kier molecular flexibility index (Phi) is 6.81. The third-order valence-electron chi connectivity index (χ3n) is 3.04. The zero-order valence-electron chi connectivity index (χ0n) is 12.2. The number of ether oxygens (including phenoxy) is 1. The number of carbonyl (C=O) groups excluding carboxylic acids is 2. The van der Waals surface area contributed by atoms with Gasteiger partial charge in [0.15, 0.2) is 15.5 Å². The van der Waals surface area contributed by atoms with E-state index in [1.54, 1.807) is 6.07 Å². The molecule has 2 heterocycles. The second kappa shape index (κ2) is 8.85. The van der Waals surface area contributed by atoms with E-state index in [0.717, 1.165) is 19.4 Å². The SMILES string of the molecule is O=C(CNC(=O)c1ccc(Br)o1)NNC(=S)NC[C@H]1CCCO1. The minimum absolute atomic E-state index is 0.117. The molecule has 1 aromatic rings. The van der Waals surface area contributed by atoms with Crippen LogP contribution in [0.5, 0.6) is 0 Å². The monoisotopic (exact) mass is 404 g/mol. The van der Waals surface area contributed by atoms with Gasteiger partial charge in [-0.15, -0.1) is 0 Å². The molecule has 0 unspecified atom stereocenters. The summed E-state index contributed by atoms with van der Waals surface area (Å²) in [4.78, 5) is 23.3. The summed E-state index contributed by atoms with van der Waals surface area (Å²) < 4.78 is 11.0. The molecule has 1 aliphatic heterocycles. The van der Waals surface area contributed by atoms with Gasteiger partial charge in [0, 0.05) is 13.2 Å². The number of hydrazine groups is 1. The largest absolute Gasteiger partial charge is 0.444 e. The Morgan fingerprint density at radius 2 is 2.13 bits per heavy atom. The summed E-state index contributed by atoms with van der Waals surface area (Å²) >= 11 is 8.12. The fourth-order valence-corrected chi connectivity index (χ4v) is 2.35. The van der Waals surface area contributed by atoms with E-state index >= 15 is 0 Å². The Morgan fingerprint density at radius 1 is 1.30 bits per heavy atom. The van der Waals surface area contributed by atoms with Crippen molar-refractivity contribution in [3.8, 4) is 0 Å². The molecule has 2 amide bonds. The Hall–Kier alpha value is -1.65. The van der Waals surface area contributed by atoms with Gasteiger partial charge in [-0.1, -0.05) is 0 Å². The van der Waals surface area contributed by atoms with Crippen molar-refractivity contribution in [2.24, 2.45) is 0 Å². The summed E-state index contributed by atoms with van der Waals surface area (Å²) in [7, 11) is 0. The molecule has 0 spiro atoms. The van der Waals surface area contributed by atoms with E-state index in [-0.39, 0.29) is 23.5 Å². The molecule has 1 aliphatic rings. The Balaban J connectivity index is 1.58. The summed E-state index contributed by atoms with van der Waals surface area (Å²) in [5.74, 6) is -0.804. The van der Waals surface area contributed by atoms with E-state index in [9.17, 15) is 9.59 Å². The van der Waals surface area contributed by atoms with Gasteiger partial charge < -0.3 is 19.8 Å². The maximum absolute atomic E-state index is 11.7. The van der Waals surface area contributed by atoms with Gasteiger partial charge in [0.1, 0.15) is 0 Å². The highest BCUT2D eigenvalue weighted by atomic mass is 79.9. The summed E-state index contributed by atoms with van der Waals surface area (Å²) in [6.45, 7) is 1.15. The van der Waals surface area contributed by atoms with Crippen molar-refractivity contribution in [2.45, 2.75) is 18.9 Å². The van der Waals surface area contributed by atoms with Crippen LogP contribution in [-0.2, 0) is 9.53 Å². The quantitative estimate of drug-likeness (QED) is 0.417. The van der Waals surface area contributed by atoms with Crippen LogP contribution in [0.3, 0.4) is 0 Å². The maximum atomic E-state index is 11.7. The molecule has 0 saturated carbocycles. The third-order valence-corrected chi connectivity index (χ3v) is 3.71. The molecule has 0 radical (unpaired) electrons. The number of hydrogen-bond acceptors (Lipinski definition) is 5. The smallest absolute Gasteiger partial charge is 0.287 e. The van der Waals surface area contributed by atoms with Gasteiger partial charge in [0.2, 0.25) is 0 Å². The number of thiocarbonyl (C=S) groups is 1. The molecular weight excluding hydrogens is 388 g/mol. The number of hydrogen-bond donors (Lipinski definition) is 4. The minimum Gasteiger partial charge on any atom is -0.444 e. The number of nitrogens with one attached hydrogen (secondary N) is 4. The number of furan rings is 1. The first kappa shape index (κ1) is 17.7. The Morgan fingerprint density at radius 3 is 2.78 bits per heavy atom. The molecule has 0 bridgehead atoms. The zero-order chi connectivity index (χ0) is 16.7. The lowest BCUT2D eigenvalue weighted by Gasteiger charge is -2.14. The Bertz CT molecular complexity index is 574. The summed E-state index contributed by atoms with van der Waals surface area (Å²) in [5.41, 5.74) is 4.94. The first-order valence-corrected chi connectivity index (χ1v) is 8.22. The molecule has 8 nitrogen and oxygen atoms in total. The highest BCUT2D eigenvalue weighted by Gasteiger charge is 2.15. The van der Waals surface area contributed by atoms with Gasteiger partial charge in [-0.25, -0.2) is 0 Å². The normalized spacial score (nSPS) is 16.7. The molecule has 1 aromatic heterocycles. The van der Waals surface area contributed by atoms with Gasteiger partial charge in [-0.3, -0.25) is 20.4 Å². The maximum Gasteiger partial charge on any atom is 0.287 e. The fraction of sp³-hybridized carbons (Fsp3) is 0.462. The van der Waals surface area contributed by atoms with Gasteiger partial charge in [-0.2, -0.15) is 0 Å². The average Bonchev–Trinajstić information content (AvgIpc) is 3.19. The summed E-state index contributed by atoms with van der Waals surface area (Å²) in [6, 6.07) is 3.09. The molecule has 23 heavy (non-hydrogen) atoms. The van der Waals surface area contributed by atoms with E-state index in [1.165, 1.54) is 6.07 Å².